The molecule has 4 aromatic rings. The van der Waals surface area contributed by atoms with Crippen molar-refractivity contribution in [2.24, 2.45) is 0 Å². The van der Waals surface area contributed by atoms with Gasteiger partial charge in [-0.3, -0.25) is 4.90 Å². The third kappa shape index (κ3) is 3.43. The molecule has 1 saturated heterocycles. The van der Waals surface area contributed by atoms with Crippen molar-refractivity contribution >= 4 is 5.65 Å². The summed E-state index contributed by atoms with van der Waals surface area (Å²) in [5.74, 6) is 2.24. The van der Waals surface area contributed by atoms with Crippen molar-refractivity contribution in [3.63, 3.8) is 0 Å². The molecule has 0 atom stereocenters. The summed E-state index contributed by atoms with van der Waals surface area (Å²) in [6.45, 7) is 4.84. The fraction of sp³-hybridized carbons (Fsp3) is 0.318. The number of piperidine rings is 1. The van der Waals surface area contributed by atoms with Gasteiger partial charge in [-0.25, -0.2) is 9.50 Å². The Hall–Kier alpha value is -2.99. The van der Waals surface area contributed by atoms with Crippen LogP contribution >= 0.6 is 0 Å². The summed E-state index contributed by atoms with van der Waals surface area (Å²) in [6, 6.07) is 16.6. The third-order valence-corrected chi connectivity index (χ3v) is 5.47. The topological polar surface area (TPSA) is 59.5 Å². The van der Waals surface area contributed by atoms with E-state index in [1.807, 2.05) is 23.6 Å². The predicted molar refractivity (Wildman–Crippen MR) is 107 cm³/mol. The van der Waals surface area contributed by atoms with Crippen molar-refractivity contribution in [3.05, 3.63) is 72.0 Å². The second-order valence-corrected chi connectivity index (χ2v) is 7.54. The monoisotopic (exact) mass is 373 g/mol. The van der Waals surface area contributed by atoms with Crippen molar-refractivity contribution in [2.45, 2.75) is 32.2 Å². The molecule has 1 aromatic carbocycles. The Kier molecular flexibility index (Phi) is 4.41. The lowest BCUT2D eigenvalue weighted by molar-refractivity contribution is 0.196. The van der Waals surface area contributed by atoms with Gasteiger partial charge in [0, 0.05) is 30.3 Å². The van der Waals surface area contributed by atoms with Gasteiger partial charge in [0.15, 0.2) is 11.5 Å². The van der Waals surface area contributed by atoms with Crippen LogP contribution in [0.1, 0.15) is 36.0 Å². The molecular formula is C22H23N5O. The van der Waals surface area contributed by atoms with Gasteiger partial charge in [-0.15, -0.1) is 0 Å². The highest BCUT2D eigenvalue weighted by atomic mass is 16.5. The highest BCUT2D eigenvalue weighted by Crippen LogP contribution is 2.27. The number of aromatic nitrogens is 4. The van der Waals surface area contributed by atoms with Gasteiger partial charge < -0.3 is 4.52 Å². The van der Waals surface area contributed by atoms with Crippen molar-refractivity contribution in [1.29, 1.82) is 0 Å². The Bertz CT molecular complexity index is 1080. The molecule has 1 aliphatic rings. The van der Waals surface area contributed by atoms with E-state index in [0.29, 0.717) is 5.92 Å². The quantitative estimate of drug-likeness (QED) is 0.540. The van der Waals surface area contributed by atoms with Gasteiger partial charge in [0.05, 0.1) is 5.69 Å². The summed E-state index contributed by atoms with van der Waals surface area (Å²) in [4.78, 5) is 7.22. The number of pyridine rings is 1. The van der Waals surface area contributed by atoms with Gasteiger partial charge in [0.25, 0.3) is 0 Å². The van der Waals surface area contributed by atoms with E-state index in [-0.39, 0.29) is 0 Å². The van der Waals surface area contributed by atoms with Crippen LogP contribution in [-0.4, -0.2) is 37.7 Å². The molecule has 0 radical (unpaired) electrons. The molecule has 0 aliphatic carbocycles. The van der Waals surface area contributed by atoms with Gasteiger partial charge in [0.2, 0.25) is 0 Å². The summed E-state index contributed by atoms with van der Waals surface area (Å²) < 4.78 is 7.09. The lowest BCUT2D eigenvalue weighted by atomic mass is 9.96. The Labute approximate surface area is 163 Å². The van der Waals surface area contributed by atoms with E-state index in [2.05, 4.69) is 52.7 Å². The minimum atomic E-state index is 0.412. The largest absolute Gasteiger partial charge is 0.361 e. The molecule has 0 unspecified atom stereocenters. The van der Waals surface area contributed by atoms with Crippen LogP contribution in [0.2, 0.25) is 0 Å². The summed E-state index contributed by atoms with van der Waals surface area (Å²) in [7, 11) is 0. The fourth-order valence-electron chi connectivity index (χ4n) is 3.95. The highest BCUT2D eigenvalue weighted by molar-refractivity contribution is 5.64. The van der Waals surface area contributed by atoms with E-state index < -0.39 is 0 Å². The average molecular weight is 373 g/mol. The number of aryl methyl sites for hydroxylation is 1. The van der Waals surface area contributed by atoms with Crippen LogP contribution in [0.25, 0.3) is 16.8 Å². The molecule has 0 bridgehead atoms. The van der Waals surface area contributed by atoms with Crippen molar-refractivity contribution in [1.82, 2.24) is 24.7 Å². The first-order valence-electron chi connectivity index (χ1n) is 9.81. The van der Waals surface area contributed by atoms with E-state index >= 15 is 0 Å². The Morgan fingerprint density at radius 3 is 2.61 bits per heavy atom. The van der Waals surface area contributed by atoms with Crippen molar-refractivity contribution in [3.8, 4) is 11.1 Å². The van der Waals surface area contributed by atoms with Crippen LogP contribution in [0, 0.1) is 6.92 Å². The maximum absolute atomic E-state index is 5.17. The summed E-state index contributed by atoms with van der Waals surface area (Å²) in [5.41, 5.74) is 4.27. The van der Waals surface area contributed by atoms with E-state index in [1.165, 1.54) is 5.56 Å². The van der Waals surface area contributed by atoms with Gasteiger partial charge >= 0.3 is 0 Å². The molecule has 0 amide bonds. The van der Waals surface area contributed by atoms with E-state index in [0.717, 1.165) is 61.0 Å². The molecule has 5 rings (SSSR count). The molecule has 6 heteroatoms. The highest BCUT2D eigenvalue weighted by Gasteiger charge is 2.24. The van der Waals surface area contributed by atoms with Crippen LogP contribution in [-0.2, 0) is 6.54 Å². The van der Waals surface area contributed by atoms with Crippen LogP contribution in [0.3, 0.4) is 0 Å². The molecule has 1 aliphatic heterocycles. The van der Waals surface area contributed by atoms with Gasteiger partial charge in [-0.1, -0.05) is 35.5 Å². The summed E-state index contributed by atoms with van der Waals surface area (Å²) in [6.07, 6.45) is 4.21. The second-order valence-electron chi connectivity index (χ2n) is 7.54. The normalized spacial score (nSPS) is 16.0. The van der Waals surface area contributed by atoms with E-state index in [4.69, 9.17) is 14.6 Å². The number of likely N-dealkylation sites (tertiary alicyclic amines) is 1. The standard InChI is InChI=1S/C22H23N5O/c1-16-13-20(25-28-16)15-26-11-9-18(10-12-26)22-23-21-8-7-19(14-27(21)24-22)17-5-3-2-4-6-17/h2-8,13-14,18H,9-12,15H2,1H3. The molecule has 3 aromatic heterocycles. The molecule has 0 N–H and O–H groups in total. The molecule has 28 heavy (non-hydrogen) atoms. The molecule has 0 saturated carbocycles. The lowest BCUT2D eigenvalue weighted by Gasteiger charge is -2.29. The van der Waals surface area contributed by atoms with Gasteiger partial charge in [-0.05, 0) is 50.6 Å². The summed E-state index contributed by atoms with van der Waals surface area (Å²) >= 11 is 0. The molecule has 0 spiro atoms. The second kappa shape index (κ2) is 7.20. The fourth-order valence-corrected chi connectivity index (χ4v) is 3.95. The van der Waals surface area contributed by atoms with Crippen molar-refractivity contribution < 1.29 is 4.52 Å². The number of fused-ring (bicyclic) bond motifs is 1. The first-order chi connectivity index (χ1) is 13.7. The molecular weight excluding hydrogens is 350 g/mol. The molecule has 1 fully saturated rings. The number of benzene rings is 1. The minimum Gasteiger partial charge on any atom is -0.361 e. The molecule has 4 heterocycles. The third-order valence-electron chi connectivity index (χ3n) is 5.47. The first-order valence-corrected chi connectivity index (χ1v) is 9.81. The SMILES string of the molecule is Cc1cc(CN2CCC(c3nc4ccc(-c5ccccc5)cn4n3)CC2)no1. The smallest absolute Gasteiger partial charge is 0.155 e. The predicted octanol–water partition coefficient (Wildman–Crippen LogP) is 4.07. The zero-order valence-corrected chi connectivity index (χ0v) is 16.0. The Morgan fingerprint density at radius 2 is 1.86 bits per heavy atom. The summed E-state index contributed by atoms with van der Waals surface area (Å²) in [5, 5.41) is 8.90. The molecule has 6 nitrogen and oxygen atoms in total. The number of nitrogens with zero attached hydrogens (tertiary/aromatic N) is 5. The zero-order valence-electron chi connectivity index (χ0n) is 16.0. The van der Waals surface area contributed by atoms with Gasteiger partial charge in [0.1, 0.15) is 5.76 Å². The van der Waals surface area contributed by atoms with Crippen molar-refractivity contribution in [2.75, 3.05) is 13.1 Å². The van der Waals surface area contributed by atoms with Crippen LogP contribution in [0.15, 0.2) is 59.3 Å². The minimum absolute atomic E-state index is 0.412. The average Bonchev–Trinajstić information content (AvgIpc) is 3.34. The van der Waals surface area contributed by atoms with Gasteiger partial charge in [-0.2, -0.15) is 5.10 Å². The first kappa shape index (κ1) is 17.1. The van der Waals surface area contributed by atoms with Crippen LogP contribution in [0.4, 0.5) is 0 Å². The van der Waals surface area contributed by atoms with E-state index in [1.54, 1.807) is 0 Å². The Balaban J connectivity index is 1.29. The number of hydrogen-bond donors (Lipinski definition) is 0. The maximum atomic E-state index is 5.17. The van der Waals surface area contributed by atoms with Crippen LogP contribution in [0.5, 0.6) is 0 Å². The Morgan fingerprint density at radius 1 is 1.04 bits per heavy atom. The van der Waals surface area contributed by atoms with Crippen LogP contribution < -0.4 is 0 Å². The van der Waals surface area contributed by atoms with E-state index in [9.17, 15) is 0 Å². The molecule has 142 valence electrons. The maximum Gasteiger partial charge on any atom is 0.155 e. The zero-order chi connectivity index (χ0) is 18.9. The lowest BCUT2D eigenvalue weighted by Crippen LogP contribution is -2.32. The number of hydrogen-bond acceptors (Lipinski definition) is 5. The number of rotatable bonds is 4.